The Labute approximate surface area is 187 Å². The van der Waals surface area contributed by atoms with E-state index in [2.05, 4.69) is 40.4 Å². The molecule has 2 fully saturated rings. The number of pyridine rings is 2. The van der Waals surface area contributed by atoms with Crippen molar-refractivity contribution in [2.24, 2.45) is 11.8 Å². The molecule has 1 saturated heterocycles. The van der Waals surface area contributed by atoms with Crippen LogP contribution in [0.4, 0.5) is 0 Å². The second-order valence-electron chi connectivity index (χ2n) is 9.40. The fourth-order valence-electron chi connectivity index (χ4n) is 5.21. The highest BCUT2D eigenvalue weighted by atomic mass is 14.9. The average Bonchev–Trinajstić information content (AvgIpc) is 2.85. The van der Waals surface area contributed by atoms with Crippen LogP contribution in [0.25, 0.3) is 10.9 Å². The number of nitrogens with one attached hydrogen (secondary N) is 1. The first-order valence-corrected chi connectivity index (χ1v) is 12.3. The monoisotopic (exact) mass is 415 g/mol. The van der Waals surface area contributed by atoms with Gasteiger partial charge in [0.15, 0.2) is 0 Å². The Morgan fingerprint density at radius 3 is 2.48 bits per heavy atom. The Morgan fingerprint density at radius 1 is 0.806 bits per heavy atom. The van der Waals surface area contributed by atoms with E-state index in [0.29, 0.717) is 0 Å². The van der Waals surface area contributed by atoms with Gasteiger partial charge in [0, 0.05) is 29.5 Å². The first kappa shape index (κ1) is 22.0. The maximum absolute atomic E-state index is 4.37. The minimum atomic E-state index is 0.831. The Kier molecular flexibility index (Phi) is 8.06. The Balaban J connectivity index is 0.000000112. The number of hydrogen-bond acceptors (Lipinski definition) is 3. The molecule has 3 aromatic rings. The van der Waals surface area contributed by atoms with Crippen molar-refractivity contribution in [2.45, 2.75) is 70.8 Å². The maximum atomic E-state index is 4.37. The van der Waals surface area contributed by atoms with Gasteiger partial charge in [-0.1, -0.05) is 50.1 Å². The predicted molar refractivity (Wildman–Crippen MR) is 130 cm³/mol. The number of aryl methyl sites for hydroxylation is 1. The molecule has 3 unspecified atom stereocenters. The van der Waals surface area contributed by atoms with Crippen LogP contribution in [0.2, 0.25) is 0 Å². The molecule has 0 radical (unpaired) electrons. The molecule has 3 nitrogen and oxygen atoms in total. The second kappa shape index (κ2) is 11.4. The summed E-state index contributed by atoms with van der Waals surface area (Å²) in [7, 11) is 0. The molecule has 1 aliphatic heterocycles. The summed E-state index contributed by atoms with van der Waals surface area (Å²) in [6.07, 6.45) is 16.3. The Hall–Kier alpha value is -2.26. The van der Waals surface area contributed by atoms with Gasteiger partial charge >= 0.3 is 0 Å². The zero-order valence-corrected chi connectivity index (χ0v) is 19.0. The third-order valence-corrected chi connectivity index (χ3v) is 7.01. The first-order chi connectivity index (χ1) is 15.3. The van der Waals surface area contributed by atoms with Gasteiger partial charge in [-0.15, -0.1) is 0 Å². The van der Waals surface area contributed by atoms with Gasteiger partial charge in [0.1, 0.15) is 0 Å². The van der Waals surface area contributed by atoms with Gasteiger partial charge in [0.25, 0.3) is 0 Å². The molecule has 3 atom stereocenters. The van der Waals surface area contributed by atoms with Gasteiger partial charge in [0.2, 0.25) is 0 Å². The second-order valence-corrected chi connectivity index (χ2v) is 9.40. The molecular weight excluding hydrogens is 378 g/mol. The minimum Gasteiger partial charge on any atom is -0.314 e. The highest BCUT2D eigenvalue weighted by Crippen LogP contribution is 2.30. The normalized spacial score (nSPS) is 24.5. The smallest absolute Gasteiger partial charge is 0.0701 e. The van der Waals surface area contributed by atoms with Crippen molar-refractivity contribution >= 4 is 10.9 Å². The molecule has 0 bridgehead atoms. The SMILES string of the molecule is C1CCC2NCCCC2C1.CC1CCc2cccnc2C1.c1ccc2ncccc2c1. The highest BCUT2D eigenvalue weighted by Gasteiger charge is 2.26. The van der Waals surface area contributed by atoms with E-state index in [9.17, 15) is 0 Å². The fourth-order valence-corrected chi connectivity index (χ4v) is 5.21. The summed E-state index contributed by atoms with van der Waals surface area (Å²) in [5.74, 6) is 1.87. The van der Waals surface area contributed by atoms with Gasteiger partial charge in [0.05, 0.1) is 5.52 Å². The number of hydrogen-bond donors (Lipinski definition) is 1. The van der Waals surface area contributed by atoms with Crippen LogP contribution >= 0.6 is 0 Å². The van der Waals surface area contributed by atoms with Gasteiger partial charge in [-0.25, -0.2) is 0 Å². The first-order valence-electron chi connectivity index (χ1n) is 12.3. The lowest BCUT2D eigenvalue weighted by molar-refractivity contribution is 0.212. The molecule has 3 heteroatoms. The lowest BCUT2D eigenvalue weighted by Crippen LogP contribution is -2.42. The van der Waals surface area contributed by atoms with Gasteiger partial charge in [-0.05, 0) is 87.1 Å². The molecule has 2 aliphatic carbocycles. The molecule has 3 aliphatic rings. The number of piperidine rings is 1. The van der Waals surface area contributed by atoms with E-state index in [-0.39, 0.29) is 0 Å². The quantitative estimate of drug-likeness (QED) is 0.463. The van der Waals surface area contributed by atoms with E-state index in [4.69, 9.17) is 0 Å². The zero-order chi connectivity index (χ0) is 21.3. The highest BCUT2D eigenvalue weighted by molar-refractivity contribution is 5.77. The molecular formula is C28H37N3. The van der Waals surface area contributed by atoms with Crippen LogP contribution in [-0.2, 0) is 12.8 Å². The van der Waals surface area contributed by atoms with Crippen molar-refractivity contribution in [1.29, 1.82) is 0 Å². The standard InChI is InChI=1S/C10H13N.C9H17N.C9H7N/c1-8-4-5-9-3-2-6-11-10(9)7-8;2*1-2-6-9-8(4-1)5-3-7-10-9/h2-3,6,8H,4-5,7H2,1H3;8-10H,1-7H2;1-7H. The summed E-state index contributed by atoms with van der Waals surface area (Å²) in [5, 5.41) is 4.82. The van der Waals surface area contributed by atoms with E-state index >= 15 is 0 Å². The van der Waals surface area contributed by atoms with Crippen molar-refractivity contribution in [3.63, 3.8) is 0 Å². The summed E-state index contributed by atoms with van der Waals surface area (Å²) in [5.41, 5.74) is 3.85. The lowest BCUT2D eigenvalue weighted by atomic mass is 9.80. The molecule has 1 saturated carbocycles. The molecule has 164 valence electrons. The molecule has 6 rings (SSSR count). The predicted octanol–water partition coefficient (Wildman–Crippen LogP) is 6.37. The van der Waals surface area contributed by atoms with Crippen molar-refractivity contribution in [2.75, 3.05) is 6.54 Å². The van der Waals surface area contributed by atoms with Crippen molar-refractivity contribution in [3.8, 4) is 0 Å². The number of fused-ring (bicyclic) bond motifs is 3. The molecule has 0 spiro atoms. The van der Waals surface area contributed by atoms with E-state index in [1.54, 1.807) is 0 Å². The summed E-state index contributed by atoms with van der Waals surface area (Å²) in [6.45, 7) is 3.58. The summed E-state index contributed by atoms with van der Waals surface area (Å²) in [6, 6.07) is 17.2. The van der Waals surface area contributed by atoms with Crippen LogP contribution in [0.5, 0.6) is 0 Å². The fraction of sp³-hybridized carbons (Fsp3) is 0.500. The van der Waals surface area contributed by atoms with E-state index < -0.39 is 0 Å². The molecule has 1 N–H and O–H groups in total. The zero-order valence-electron chi connectivity index (χ0n) is 19.0. The summed E-state index contributed by atoms with van der Waals surface area (Å²) < 4.78 is 0. The Bertz CT molecular complexity index is 847. The number of para-hydroxylation sites is 1. The van der Waals surface area contributed by atoms with Gasteiger partial charge in [-0.3, -0.25) is 9.97 Å². The van der Waals surface area contributed by atoms with Crippen LogP contribution in [0.3, 0.4) is 0 Å². The van der Waals surface area contributed by atoms with E-state index in [1.807, 2.05) is 42.7 Å². The van der Waals surface area contributed by atoms with Crippen LogP contribution in [0.15, 0.2) is 60.9 Å². The number of aromatic nitrogens is 2. The van der Waals surface area contributed by atoms with Gasteiger partial charge in [-0.2, -0.15) is 0 Å². The third kappa shape index (κ3) is 6.36. The van der Waals surface area contributed by atoms with Crippen LogP contribution in [0, 0.1) is 11.8 Å². The largest absolute Gasteiger partial charge is 0.314 e. The summed E-state index contributed by atoms with van der Waals surface area (Å²) in [4.78, 5) is 8.55. The van der Waals surface area contributed by atoms with Crippen molar-refractivity contribution in [3.05, 3.63) is 72.2 Å². The maximum Gasteiger partial charge on any atom is 0.0701 e. The van der Waals surface area contributed by atoms with Crippen molar-refractivity contribution in [1.82, 2.24) is 15.3 Å². The van der Waals surface area contributed by atoms with E-state index in [1.165, 1.54) is 81.0 Å². The molecule has 2 aromatic heterocycles. The van der Waals surface area contributed by atoms with Crippen LogP contribution < -0.4 is 5.32 Å². The number of rotatable bonds is 0. The summed E-state index contributed by atoms with van der Waals surface area (Å²) >= 11 is 0. The Morgan fingerprint density at radius 2 is 1.58 bits per heavy atom. The molecule has 1 aromatic carbocycles. The van der Waals surface area contributed by atoms with Crippen LogP contribution in [-0.4, -0.2) is 22.6 Å². The van der Waals surface area contributed by atoms with Crippen LogP contribution in [0.1, 0.15) is 63.1 Å². The third-order valence-electron chi connectivity index (χ3n) is 7.01. The number of nitrogens with zero attached hydrogens (tertiary/aromatic N) is 2. The molecule has 31 heavy (non-hydrogen) atoms. The van der Waals surface area contributed by atoms with Crippen molar-refractivity contribution < 1.29 is 0 Å². The topological polar surface area (TPSA) is 37.8 Å². The minimum absolute atomic E-state index is 0.831. The number of benzene rings is 1. The lowest BCUT2D eigenvalue weighted by Gasteiger charge is -2.36. The average molecular weight is 416 g/mol. The molecule has 3 heterocycles. The molecule has 0 amide bonds. The van der Waals surface area contributed by atoms with E-state index in [0.717, 1.165) is 23.4 Å². The van der Waals surface area contributed by atoms with Gasteiger partial charge < -0.3 is 5.32 Å².